The summed E-state index contributed by atoms with van der Waals surface area (Å²) in [5.41, 5.74) is 0. The van der Waals surface area contributed by atoms with Crippen LogP contribution in [0.15, 0.2) is 42.5 Å². The second-order valence-electron chi connectivity index (χ2n) is 3.26. The topological polar surface area (TPSA) is 18.5 Å². The lowest BCUT2D eigenvalue weighted by Crippen LogP contribution is -2.34. The van der Waals surface area contributed by atoms with Crippen LogP contribution in [-0.4, -0.2) is 23.5 Å². The summed E-state index contributed by atoms with van der Waals surface area (Å²) < 4.78 is 10.6. The highest BCUT2D eigenvalue weighted by Crippen LogP contribution is 2.11. The van der Waals surface area contributed by atoms with Gasteiger partial charge in [0.1, 0.15) is 0 Å². The van der Waals surface area contributed by atoms with Crippen molar-refractivity contribution in [1.29, 1.82) is 0 Å². The first-order valence-electron chi connectivity index (χ1n) is 4.79. The first kappa shape index (κ1) is 10.4. The molecule has 0 saturated carbocycles. The van der Waals surface area contributed by atoms with E-state index in [0.717, 1.165) is 5.19 Å². The molecule has 0 heterocycles. The summed E-state index contributed by atoms with van der Waals surface area (Å²) in [7, 11) is 2.08. The quantitative estimate of drug-likeness (QED) is 0.730. The van der Waals surface area contributed by atoms with Crippen LogP contribution in [0.3, 0.4) is 0 Å². The Bertz CT molecular complexity index is 452. The van der Waals surface area contributed by atoms with Crippen LogP contribution >= 0.6 is 0 Å². The molecule has 0 atom stereocenters. The van der Waals surface area contributed by atoms with Crippen LogP contribution < -0.4 is 5.19 Å². The molecule has 1 radical (unpaired) electrons. The molecule has 0 N–H and O–H groups in total. The molecule has 0 fully saturated rings. The smallest absolute Gasteiger partial charge is 0.393 e. The zero-order valence-corrected chi connectivity index (χ0v) is 9.86. The van der Waals surface area contributed by atoms with Crippen LogP contribution in [0.5, 0.6) is 0 Å². The zero-order valence-electron chi connectivity index (χ0n) is 8.86. The van der Waals surface area contributed by atoms with Crippen LogP contribution in [0.2, 0.25) is 0 Å². The standard InChI is InChI=1S/C12H13O2Si/c1-13-15(14-2)12-8-7-10-5-3-4-6-11(10)9-12/h3-9H,1-2H3. The third-order valence-corrected chi connectivity index (χ3v) is 3.88. The average molecular weight is 217 g/mol. The van der Waals surface area contributed by atoms with Crippen molar-refractivity contribution in [3.8, 4) is 0 Å². The van der Waals surface area contributed by atoms with E-state index in [9.17, 15) is 0 Å². The Labute approximate surface area is 91.3 Å². The molecule has 3 heteroatoms. The Hall–Kier alpha value is -1.16. The van der Waals surface area contributed by atoms with Crippen molar-refractivity contribution in [1.82, 2.24) is 0 Å². The lowest BCUT2D eigenvalue weighted by atomic mass is 10.1. The fraction of sp³-hybridized carbons (Fsp3) is 0.167. The number of fused-ring (bicyclic) bond motifs is 1. The molecule has 0 aliphatic rings. The molecule has 2 aromatic carbocycles. The van der Waals surface area contributed by atoms with Gasteiger partial charge in [-0.2, -0.15) is 0 Å². The maximum atomic E-state index is 5.31. The summed E-state index contributed by atoms with van der Waals surface area (Å²) in [6.45, 7) is 0. The minimum absolute atomic E-state index is 1.14. The number of hydrogen-bond acceptors (Lipinski definition) is 2. The fourth-order valence-electron chi connectivity index (χ4n) is 1.64. The highest BCUT2D eigenvalue weighted by molar-refractivity contribution is 6.61. The molecule has 77 valence electrons. The van der Waals surface area contributed by atoms with E-state index in [1.54, 1.807) is 14.2 Å². The Morgan fingerprint density at radius 1 is 0.867 bits per heavy atom. The predicted molar refractivity (Wildman–Crippen MR) is 63.4 cm³/mol. The molecule has 0 aromatic heterocycles. The summed E-state index contributed by atoms with van der Waals surface area (Å²) in [6.07, 6.45) is 0. The number of rotatable bonds is 3. The molecular weight excluding hydrogens is 204 g/mol. The van der Waals surface area contributed by atoms with Gasteiger partial charge in [0.15, 0.2) is 0 Å². The molecule has 2 nitrogen and oxygen atoms in total. The lowest BCUT2D eigenvalue weighted by Gasteiger charge is -2.09. The number of benzene rings is 2. The highest BCUT2D eigenvalue weighted by Gasteiger charge is 2.15. The maximum absolute atomic E-state index is 5.31. The van der Waals surface area contributed by atoms with Crippen LogP contribution in [0.1, 0.15) is 0 Å². The van der Waals surface area contributed by atoms with Crippen molar-refractivity contribution < 1.29 is 8.85 Å². The van der Waals surface area contributed by atoms with E-state index < -0.39 is 9.28 Å². The van der Waals surface area contributed by atoms with Gasteiger partial charge in [-0.05, 0) is 16.0 Å². The van der Waals surface area contributed by atoms with Crippen molar-refractivity contribution >= 4 is 25.2 Å². The predicted octanol–water partition coefficient (Wildman–Crippen LogP) is 1.83. The van der Waals surface area contributed by atoms with Crippen LogP contribution in [-0.2, 0) is 8.85 Å². The molecule has 0 spiro atoms. The van der Waals surface area contributed by atoms with E-state index in [1.165, 1.54) is 10.8 Å². The summed E-state index contributed by atoms with van der Waals surface area (Å²) in [5, 5.41) is 3.62. The van der Waals surface area contributed by atoms with E-state index in [1.807, 2.05) is 12.1 Å². The molecule has 2 rings (SSSR count). The molecule has 0 saturated heterocycles. The van der Waals surface area contributed by atoms with Gasteiger partial charge in [0.05, 0.1) is 0 Å². The Kier molecular flexibility index (Phi) is 3.16. The molecular formula is C12H13O2Si. The van der Waals surface area contributed by atoms with E-state index in [4.69, 9.17) is 8.85 Å². The molecule has 0 aliphatic heterocycles. The van der Waals surface area contributed by atoms with Crippen LogP contribution in [0.25, 0.3) is 10.8 Å². The minimum atomic E-state index is -1.29. The van der Waals surface area contributed by atoms with Crippen LogP contribution in [0, 0.1) is 0 Å². The van der Waals surface area contributed by atoms with E-state index in [0.29, 0.717) is 0 Å². The number of hydrogen-bond donors (Lipinski definition) is 0. The van der Waals surface area contributed by atoms with Gasteiger partial charge in [-0.25, -0.2) is 0 Å². The SMILES string of the molecule is CO[Si](OC)c1ccc2ccccc2c1. The van der Waals surface area contributed by atoms with E-state index in [-0.39, 0.29) is 0 Å². The van der Waals surface area contributed by atoms with E-state index in [2.05, 4.69) is 30.3 Å². The first-order valence-corrected chi connectivity index (χ1v) is 6.11. The second kappa shape index (κ2) is 4.57. The molecule has 0 bridgehead atoms. The Balaban J connectivity index is 2.46. The van der Waals surface area contributed by atoms with Gasteiger partial charge in [-0.1, -0.05) is 42.5 Å². The molecule has 15 heavy (non-hydrogen) atoms. The molecule has 0 aliphatic carbocycles. The fourth-order valence-corrected chi connectivity index (χ4v) is 2.77. The first-order chi connectivity index (χ1) is 7.35. The lowest BCUT2D eigenvalue weighted by molar-refractivity contribution is 0.292. The third-order valence-electron chi connectivity index (χ3n) is 2.36. The normalized spacial score (nSPS) is 11.1. The minimum Gasteiger partial charge on any atom is -0.393 e. The van der Waals surface area contributed by atoms with Gasteiger partial charge >= 0.3 is 9.28 Å². The van der Waals surface area contributed by atoms with Gasteiger partial charge in [0.25, 0.3) is 0 Å². The van der Waals surface area contributed by atoms with Gasteiger partial charge in [0.2, 0.25) is 0 Å². The van der Waals surface area contributed by atoms with Crippen molar-refractivity contribution in [2.45, 2.75) is 0 Å². The monoisotopic (exact) mass is 217 g/mol. The summed E-state index contributed by atoms with van der Waals surface area (Å²) >= 11 is 0. The van der Waals surface area contributed by atoms with Gasteiger partial charge in [0, 0.05) is 14.2 Å². The van der Waals surface area contributed by atoms with Crippen molar-refractivity contribution in [2.24, 2.45) is 0 Å². The molecule has 0 unspecified atom stereocenters. The molecule has 0 amide bonds. The summed E-state index contributed by atoms with van der Waals surface area (Å²) in [5.74, 6) is 0. The van der Waals surface area contributed by atoms with Gasteiger partial charge in [-0.3, -0.25) is 0 Å². The third kappa shape index (κ3) is 2.09. The largest absolute Gasteiger partial charge is 0.423 e. The summed E-state index contributed by atoms with van der Waals surface area (Å²) in [4.78, 5) is 0. The average Bonchev–Trinajstić information content (AvgIpc) is 2.30. The van der Waals surface area contributed by atoms with Crippen molar-refractivity contribution in [3.63, 3.8) is 0 Å². The van der Waals surface area contributed by atoms with E-state index >= 15 is 0 Å². The Morgan fingerprint density at radius 2 is 1.53 bits per heavy atom. The highest BCUT2D eigenvalue weighted by atomic mass is 28.3. The van der Waals surface area contributed by atoms with Crippen molar-refractivity contribution in [2.75, 3.05) is 14.2 Å². The van der Waals surface area contributed by atoms with Gasteiger partial charge in [-0.15, -0.1) is 0 Å². The Morgan fingerprint density at radius 3 is 2.20 bits per heavy atom. The zero-order chi connectivity index (χ0) is 10.7. The van der Waals surface area contributed by atoms with Gasteiger partial charge < -0.3 is 8.85 Å². The van der Waals surface area contributed by atoms with Crippen LogP contribution in [0.4, 0.5) is 0 Å². The second-order valence-corrected chi connectivity index (χ2v) is 5.23. The summed E-state index contributed by atoms with van der Waals surface area (Å²) in [6, 6.07) is 14.6. The van der Waals surface area contributed by atoms with Crippen molar-refractivity contribution in [3.05, 3.63) is 42.5 Å². The maximum Gasteiger partial charge on any atom is 0.423 e. The molecule has 2 aromatic rings.